The van der Waals surface area contributed by atoms with Gasteiger partial charge >= 0.3 is 0 Å². The molecular weight excluding hydrogens is 322 g/mol. The number of nitrogens with one attached hydrogen (secondary N) is 1. The van der Waals surface area contributed by atoms with Gasteiger partial charge in [-0.2, -0.15) is 0 Å². The van der Waals surface area contributed by atoms with Gasteiger partial charge in [0, 0.05) is 19.6 Å². The summed E-state index contributed by atoms with van der Waals surface area (Å²) in [5, 5.41) is 3.26. The average molecular weight is 342 g/mol. The molecule has 0 aliphatic carbocycles. The lowest BCUT2D eigenvalue weighted by atomic mass is 9.97. The van der Waals surface area contributed by atoms with E-state index in [4.69, 9.17) is 5.73 Å². The maximum Gasteiger partial charge on any atom is 0.222 e. The predicted octanol–water partition coefficient (Wildman–Crippen LogP) is 1.76. The van der Waals surface area contributed by atoms with Gasteiger partial charge in [-0.1, -0.05) is 6.92 Å². The van der Waals surface area contributed by atoms with E-state index < -0.39 is 0 Å². The van der Waals surface area contributed by atoms with Crippen LogP contribution in [0.5, 0.6) is 0 Å². The normalized spacial score (nSPS) is 18.9. The number of carbonyl (C=O) groups is 1. The molecule has 110 valence electrons. The zero-order chi connectivity index (χ0) is 14.5. The largest absolute Gasteiger partial charge is 0.369 e. The van der Waals surface area contributed by atoms with Gasteiger partial charge in [0.1, 0.15) is 22.4 Å². The summed E-state index contributed by atoms with van der Waals surface area (Å²) in [5.41, 5.74) is 5.42. The minimum atomic E-state index is -0.232. The Morgan fingerprint density at radius 2 is 2.40 bits per heavy atom. The van der Waals surface area contributed by atoms with Crippen LogP contribution in [0.1, 0.15) is 26.2 Å². The van der Waals surface area contributed by atoms with Gasteiger partial charge in [0.25, 0.3) is 0 Å². The van der Waals surface area contributed by atoms with E-state index in [1.165, 1.54) is 0 Å². The monoisotopic (exact) mass is 341 g/mol. The van der Waals surface area contributed by atoms with Crippen LogP contribution in [0.4, 0.5) is 11.6 Å². The molecule has 1 aliphatic rings. The second kappa shape index (κ2) is 6.88. The van der Waals surface area contributed by atoms with Crippen LogP contribution in [0.2, 0.25) is 0 Å². The third kappa shape index (κ3) is 3.39. The van der Waals surface area contributed by atoms with Crippen molar-refractivity contribution in [2.75, 3.05) is 29.9 Å². The standard InChI is InChI=1S/C13H20BrN5O/c1-2-5-16-12-10(14)13(18-8-17-12)19-6-3-4-9(7-19)11(15)20/h8-9H,2-7H2,1H3,(H2,15,20)(H,16,17,18). The third-order valence-electron chi connectivity index (χ3n) is 3.44. The van der Waals surface area contributed by atoms with Gasteiger partial charge in [0.15, 0.2) is 0 Å². The smallest absolute Gasteiger partial charge is 0.222 e. The van der Waals surface area contributed by atoms with Crippen molar-refractivity contribution in [1.82, 2.24) is 9.97 Å². The fourth-order valence-electron chi connectivity index (χ4n) is 2.35. The van der Waals surface area contributed by atoms with Gasteiger partial charge in [-0.15, -0.1) is 0 Å². The van der Waals surface area contributed by atoms with Crippen molar-refractivity contribution in [3.8, 4) is 0 Å². The fraction of sp³-hybridized carbons (Fsp3) is 0.615. The van der Waals surface area contributed by atoms with Crippen molar-refractivity contribution in [2.45, 2.75) is 26.2 Å². The number of amides is 1. The number of carbonyl (C=O) groups excluding carboxylic acids is 1. The first-order valence-electron chi connectivity index (χ1n) is 6.92. The molecule has 1 fully saturated rings. The van der Waals surface area contributed by atoms with Crippen LogP contribution in [0, 0.1) is 5.92 Å². The SMILES string of the molecule is CCCNc1ncnc(N2CCCC(C(N)=O)C2)c1Br. The summed E-state index contributed by atoms with van der Waals surface area (Å²) in [6, 6.07) is 0. The molecule has 0 aromatic carbocycles. The van der Waals surface area contributed by atoms with Gasteiger partial charge in [0.2, 0.25) is 5.91 Å². The van der Waals surface area contributed by atoms with Gasteiger partial charge in [-0.05, 0) is 35.2 Å². The first-order valence-corrected chi connectivity index (χ1v) is 7.71. The van der Waals surface area contributed by atoms with E-state index in [-0.39, 0.29) is 11.8 Å². The van der Waals surface area contributed by atoms with Crippen LogP contribution in [0.25, 0.3) is 0 Å². The Morgan fingerprint density at radius 3 is 3.10 bits per heavy atom. The summed E-state index contributed by atoms with van der Waals surface area (Å²) in [4.78, 5) is 22.0. The molecule has 1 amide bonds. The molecule has 0 spiro atoms. The number of aromatic nitrogens is 2. The van der Waals surface area contributed by atoms with E-state index in [0.717, 1.165) is 48.5 Å². The minimum absolute atomic E-state index is 0.0994. The Bertz CT molecular complexity index is 482. The van der Waals surface area contributed by atoms with Crippen LogP contribution in [-0.4, -0.2) is 35.5 Å². The zero-order valence-corrected chi connectivity index (χ0v) is 13.2. The van der Waals surface area contributed by atoms with Gasteiger partial charge in [-0.25, -0.2) is 9.97 Å². The topological polar surface area (TPSA) is 84.1 Å². The van der Waals surface area contributed by atoms with Crippen LogP contribution in [0.15, 0.2) is 10.8 Å². The van der Waals surface area contributed by atoms with Crippen molar-refractivity contribution in [2.24, 2.45) is 11.7 Å². The van der Waals surface area contributed by atoms with E-state index in [2.05, 4.69) is 43.0 Å². The number of nitrogens with zero attached hydrogens (tertiary/aromatic N) is 3. The molecule has 2 rings (SSSR count). The molecule has 1 aliphatic heterocycles. The highest BCUT2D eigenvalue weighted by molar-refractivity contribution is 9.10. The Morgan fingerprint density at radius 1 is 1.60 bits per heavy atom. The molecule has 0 bridgehead atoms. The molecule has 0 saturated carbocycles. The van der Waals surface area contributed by atoms with Crippen LogP contribution in [0.3, 0.4) is 0 Å². The number of piperidine rings is 1. The lowest BCUT2D eigenvalue weighted by Gasteiger charge is -2.32. The summed E-state index contributed by atoms with van der Waals surface area (Å²) in [6.07, 6.45) is 4.38. The maximum atomic E-state index is 11.4. The second-order valence-corrected chi connectivity index (χ2v) is 5.77. The lowest BCUT2D eigenvalue weighted by molar-refractivity contribution is -0.122. The van der Waals surface area contributed by atoms with E-state index in [0.29, 0.717) is 6.54 Å². The number of halogens is 1. The first kappa shape index (κ1) is 15.0. The zero-order valence-electron chi connectivity index (χ0n) is 11.6. The highest BCUT2D eigenvalue weighted by Crippen LogP contribution is 2.32. The van der Waals surface area contributed by atoms with E-state index >= 15 is 0 Å². The summed E-state index contributed by atoms with van der Waals surface area (Å²) in [6.45, 7) is 4.47. The molecule has 2 heterocycles. The molecule has 1 aromatic heterocycles. The number of hydrogen-bond donors (Lipinski definition) is 2. The van der Waals surface area contributed by atoms with Crippen molar-refractivity contribution >= 4 is 33.5 Å². The Hall–Kier alpha value is -1.37. The van der Waals surface area contributed by atoms with Crippen molar-refractivity contribution < 1.29 is 4.79 Å². The molecule has 0 radical (unpaired) electrons. The van der Waals surface area contributed by atoms with Crippen molar-refractivity contribution in [3.63, 3.8) is 0 Å². The van der Waals surface area contributed by atoms with Crippen molar-refractivity contribution in [3.05, 3.63) is 10.8 Å². The maximum absolute atomic E-state index is 11.4. The first-order chi connectivity index (χ1) is 9.63. The highest BCUT2D eigenvalue weighted by atomic mass is 79.9. The lowest BCUT2D eigenvalue weighted by Crippen LogP contribution is -2.41. The number of hydrogen-bond acceptors (Lipinski definition) is 5. The number of anilines is 2. The molecule has 7 heteroatoms. The molecule has 1 aromatic rings. The molecule has 6 nitrogen and oxygen atoms in total. The van der Waals surface area contributed by atoms with Gasteiger partial charge in [0.05, 0.1) is 5.92 Å². The molecule has 1 atom stereocenters. The summed E-state index contributed by atoms with van der Waals surface area (Å²) < 4.78 is 0.846. The highest BCUT2D eigenvalue weighted by Gasteiger charge is 2.26. The number of primary amides is 1. The van der Waals surface area contributed by atoms with Crippen molar-refractivity contribution in [1.29, 1.82) is 0 Å². The predicted molar refractivity (Wildman–Crippen MR) is 82.6 cm³/mol. The third-order valence-corrected chi connectivity index (χ3v) is 4.17. The quantitative estimate of drug-likeness (QED) is 0.852. The minimum Gasteiger partial charge on any atom is -0.369 e. The molecular formula is C13H20BrN5O. The van der Waals surface area contributed by atoms with Gasteiger partial charge in [-0.3, -0.25) is 4.79 Å². The van der Waals surface area contributed by atoms with E-state index in [1.54, 1.807) is 6.33 Å². The number of rotatable bonds is 5. The molecule has 20 heavy (non-hydrogen) atoms. The fourth-order valence-corrected chi connectivity index (χ4v) is 2.95. The number of nitrogens with two attached hydrogens (primary N) is 1. The summed E-state index contributed by atoms with van der Waals surface area (Å²) in [5.74, 6) is 1.28. The van der Waals surface area contributed by atoms with Crippen LogP contribution in [-0.2, 0) is 4.79 Å². The Kier molecular flexibility index (Phi) is 5.17. The summed E-state index contributed by atoms with van der Waals surface area (Å²) in [7, 11) is 0. The van der Waals surface area contributed by atoms with Gasteiger partial charge < -0.3 is 16.0 Å². The Balaban J connectivity index is 2.17. The second-order valence-electron chi connectivity index (χ2n) is 4.97. The van der Waals surface area contributed by atoms with Crippen LogP contribution < -0.4 is 16.0 Å². The van der Waals surface area contributed by atoms with E-state index in [9.17, 15) is 4.79 Å². The van der Waals surface area contributed by atoms with E-state index in [1.807, 2.05) is 0 Å². The molecule has 1 saturated heterocycles. The molecule has 1 unspecified atom stereocenters. The molecule has 3 N–H and O–H groups in total. The van der Waals surface area contributed by atoms with Crippen LogP contribution >= 0.6 is 15.9 Å². The average Bonchev–Trinajstić information content (AvgIpc) is 2.46. The Labute approximate surface area is 127 Å². The summed E-state index contributed by atoms with van der Waals surface area (Å²) >= 11 is 3.56.